The van der Waals surface area contributed by atoms with Crippen molar-refractivity contribution in [2.24, 2.45) is 5.14 Å². The number of sulfonamides is 1. The van der Waals surface area contributed by atoms with Gasteiger partial charge in [-0.1, -0.05) is 0 Å². The van der Waals surface area contributed by atoms with Crippen LogP contribution in [-0.2, 0) is 24.4 Å². The minimum Gasteiger partial charge on any atom is -0.325 e. The highest BCUT2D eigenvalue weighted by Gasteiger charge is 2.25. The molecule has 0 aromatic heterocycles. The van der Waals surface area contributed by atoms with Gasteiger partial charge in [-0.15, -0.1) is 0 Å². The van der Waals surface area contributed by atoms with Gasteiger partial charge in [0.2, 0.25) is 15.9 Å². The quantitative estimate of drug-likeness (QED) is 0.704. The van der Waals surface area contributed by atoms with Gasteiger partial charge in [-0.05, 0) is 24.3 Å². The van der Waals surface area contributed by atoms with E-state index in [4.69, 9.17) is 5.14 Å². The monoisotopic (exact) mass is 309 g/mol. The van der Waals surface area contributed by atoms with Gasteiger partial charge in [0.25, 0.3) is 11.8 Å². The molecule has 1 aliphatic heterocycles. The molecule has 8 nitrogen and oxygen atoms in total. The van der Waals surface area contributed by atoms with Crippen LogP contribution in [0.2, 0.25) is 0 Å². The minimum atomic E-state index is -3.80. The molecule has 1 aromatic carbocycles. The molecule has 110 valence electrons. The van der Waals surface area contributed by atoms with Crippen molar-refractivity contribution >= 4 is 33.4 Å². The Morgan fingerprint density at radius 3 is 2.10 bits per heavy atom. The Balaban J connectivity index is 2.00. The number of nitrogens with zero attached hydrogens (tertiary/aromatic N) is 1. The third-order valence-corrected chi connectivity index (χ3v) is 3.60. The van der Waals surface area contributed by atoms with Crippen molar-refractivity contribution in [3.8, 4) is 0 Å². The number of amides is 3. The smallest absolute Gasteiger partial charge is 0.254 e. The number of nitrogens with one attached hydrogen (secondary N) is 1. The average molecular weight is 309 g/mol. The number of primary sulfonamides is 1. The van der Waals surface area contributed by atoms with Crippen molar-refractivity contribution in [1.29, 1.82) is 0 Å². The summed E-state index contributed by atoms with van der Waals surface area (Å²) in [5.41, 5.74) is 0.319. The normalized spacial score (nSPS) is 14.6. The molecule has 21 heavy (non-hydrogen) atoms. The molecule has 0 radical (unpaired) electrons. The van der Waals surface area contributed by atoms with Gasteiger partial charge >= 0.3 is 0 Å². The van der Waals surface area contributed by atoms with E-state index in [-0.39, 0.29) is 4.90 Å². The first-order valence-corrected chi connectivity index (χ1v) is 7.28. The molecule has 0 atom stereocenters. The Morgan fingerprint density at radius 2 is 1.62 bits per heavy atom. The van der Waals surface area contributed by atoms with Gasteiger partial charge in [-0.3, -0.25) is 19.3 Å². The molecule has 0 saturated heterocycles. The fourth-order valence-electron chi connectivity index (χ4n) is 1.66. The highest BCUT2D eigenvalue weighted by molar-refractivity contribution is 7.89. The molecule has 0 aliphatic carbocycles. The summed E-state index contributed by atoms with van der Waals surface area (Å²) in [5.74, 6) is -1.69. The number of rotatable bonds is 4. The summed E-state index contributed by atoms with van der Waals surface area (Å²) in [4.78, 5) is 35.0. The van der Waals surface area contributed by atoms with Crippen LogP contribution in [0.3, 0.4) is 0 Å². The maximum absolute atomic E-state index is 11.7. The number of hydrogen-bond acceptors (Lipinski definition) is 5. The predicted molar refractivity (Wildman–Crippen MR) is 72.3 cm³/mol. The summed E-state index contributed by atoms with van der Waals surface area (Å²) >= 11 is 0. The van der Waals surface area contributed by atoms with Crippen LogP contribution in [0.5, 0.6) is 0 Å². The second kappa shape index (κ2) is 5.46. The zero-order chi connectivity index (χ0) is 15.6. The van der Waals surface area contributed by atoms with Crippen molar-refractivity contribution in [3.63, 3.8) is 0 Å². The van der Waals surface area contributed by atoms with Crippen molar-refractivity contribution in [2.45, 2.75) is 4.90 Å². The number of nitrogens with two attached hydrogens (primary N) is 1. The Morgan fingerprint density at radius 1 is 1.10 bits per heavy atom. The van der Waals surface area contributed by atoms with Crippen LogP contribution >= 0.6 is 0 Å². The zero-order valence-corrected chi connectivity index (χ0v) is 11.5. The number of benzene rings is 1. The fraction of sp³-hybridized carbons (Fsp3) is 0.0833. The molecule has 0 saturated carbocycles. The van der Waals surface area contributed by atoms with Crippen molar-refractivity contribution in [3.05, 3.63) is 36.4 Å². The van der Waals surface area contributed by atoms with Crippen molar-refractivity contribution in [2.75, 3.05) is 11.9 Å². The molecule has 1 aromatic rings. The van der Waals surface area contributed by atoms with Gasteiger partial charge in [0.05, 0.1) is 4.90 Å². The number of anilines is 1. The molecular weight excluding hydrogens is 298 g/mol. The van der Waals surface area contributed by atoms with Crippen LogP contribution in [0.4, 0.5) is 5.69 Å². The first kappa shape index (κ1) is 14.9. The van der Waals surface area contributed by atoms with Crippen LogP contribution in [0.25, 0.3) is 0 Å². The molecule has 0 fully saturated rings. The summed E-state index contributed by atoms with van der Waals surface area (Å²) in [5, 5.41) is 7.38. The van der Waals surface area contributed by atoms with Crippen LogP contribution in [0.15, 0.2) is 41.3 Å². The second-order valence-electron chi connectivity index (χ2n) is 4.21. The van der Waals surface area contributed by atoms with Crippen LogP contribution in [0, 0.1) is 0 Å². The average Bonchev–Trinajstić information content (AvgIpc) is 2.70. The van der Waals surface area contributed by atoms with Gasteiger partial charge < -0.3 is 5.32 Å². The molecule has 1 aliphatic rings. The van der Waals surface area contributed by atoms with Crippen molar-refractivity contribution in [1.82, 2.24) is 4.90 Å². The first-order chi connectivity index (χ1) is 9.77. The van der Waals surface area contributed by atoms with Gasteiger partial charge in [0, 0.05) is 17.8 Å². The summed E-state index contributed by atoms with van der Waals surface area (Å²) < 4.78 is 22.1. The predicted octanol–water partition coefficient (Wildman–Crippen LogP) is -0.802. The van der Waals surface area contributed by atoms with Gasteiger partial charge in [0.15, 0.2) is 0 Å². The van der Waals surface area contributed by atoms with E-state index in [9.17, 15) is 22.8 Å². The van der Waals surface area contributed by atoms with E-state index in [0.29, 0.717) is 5.69 Å². The van der Waals surface area contributed by atoms with Gasteiger partial charge in [-0.25, -0.2) is 13.6 Å². The SMILES string of the molecule is NS(=O)(=O)c1ccc(NC(=O)CN2C(=O)C=CC2=O)cc1. The van der Waals surface area contributed by atoms with E-state index in [1.807, 2.05) is 0 Å². The summed E-state index contributed by atoms with van der Waals surface area (Å²) in [6, 6.07) is 5.17. The lowest BCUT2D eigenvalue weighted by molar-refractivity contribution is -0.139. The second-order valence-corrected chi connectivity index (χ2v) is 5.77. The van der Waals surface area contributed by atoms with Crippen LogP contribution in [0.1, 0.15) is 0 Å². The molecule has 3 N–H and O–H groups in total. The maximum Gasteiger partial charge on any atom is 0.254 e. The van der Waals surface area contributed by atoms with Crippen LogP contribution < -0.4 is 10.5 Å². The molecule has 2 rings (SSSR count). The summed E-state index contributed by atoms with van der Waals surface area (Å²) in [7, 11) is -3.80. The third-order valence-electron chi connectivity index (χ3n) is 2.67. The standard InChI is InChI=1S/C12H11N3O5S/c13-21(19,20)9-3-1-8(2-4-9)14-10(16)7-15-11(17)5-6-12(15)18/h1-6H,7H2,(H,14,16)(H2,13,19,20). The van der Waals surface area contributed by atoms with Gasteiger partial charge in [-0.2, -0.15) is 0 Å². The minimum absolute atomic E-state index is 0.0883. The number of carbonyl (C=O) groups is 3. The van der Waals surface area contributed by atoms with Gasteiger partial charge in [0.1, 0.15) is 6.54 Å². The lowest BCUT2D eigenvalue weighted by atomic mass is 10.3. The van der Waals surface area contributed by atoms with E-state index in [1.54, 1.807) is 0 Å². The third kappa shape index (κ3) is 3.52. The molecule has 1 heterocycles. The Kier molecular flexibility index (Phi) is 3.87. The Bertz CT molecular complexity index is 719. The molecular formula is C12H11N3O5S. The highest BCUT2D eigenvalue weighted by Crippen LogP contribution is 2.13. The largest absolute Gasteiger partial charge is 0.325 e. The Hall–Kier alpha value is -2.52. The van der Waals surface area contributed by atoms with E-state index >= 15 is 0 Å². The number of carbonyl (C=O) groups excluding carboxylic acids is 3. The van der Waals surface area contributed by atoms with E-state index in [1.165, 1.54) is 24.3 Å². The molecule has 0 spiro atoms. The van der Waals surface area contributed by atoms with Crippen molar-refractivity contribution < 1.29 is 22.8 Å². The lowest BCUT2D eigenvalue weighted by Gasteiger charge is -2.13. The van der Waals surface area contributed by atoms with Crippen LogP contribution in [-0.4, -0.2) is 37.6 Å². The molecule has 0 unspecified atom stereocenters. The van der Waals surface area contributed by atoms with E-state index in [0.717, 1.165) is 17.1 Å². The molecule has 0 bridgehead atoms. The highest BCUT2D eigenvalue weighted by atomic mass is 32.2. The molecule has 3 amide bonds. The number of hydrogen-bond donors (Lipinski definition) is 2. The number of imide groups is 1. The maximum atomic E-state index is 11.7. The molecule has 9 heteroatoms. The topological polar surface area (TPSA) is 127 Å². The summed E-state index contributed by atoms with van der Waals surface area (Å²) in [6.07, 6.45) is 2.16. The Labute approximate surface area is 120 Å². The van der Waals surface area contributed by atoms with E-state index < -0.39 is 34.3 Å². The fourth-order valence-corrected chi connectivity index (χ4v) is 2.17. The lowest BCUT2D eigenvalue weighted by Crippen LogP contribution is -2.37. The van der Waals surface area contributed by atoms with E-state index in [2.05, 4.69) is 5.32 Å². The zero-order valence-electron chi connectivity index (χ0n) is 10.6. The first-order valence-electron chi connectivity index (χ1n) is 5.73. The summed E-state index contributed by atoms with van der Waals surface area (Å²) in [6.45, 7) is -0.415.